The molecule has 144 valence electrons. The number of quaternary nitrogens is 1. The van der Waals surface area contributed by atoms with E-state index in [1.165, 1.54) is 25.2 Å². The molecule has 0 aromatic carbocycles. The van der Waals surface area contributed by atoms with Gasteiger partial charge in [0, 0.05) is 26.2 Å². The zero-order valence-corrected chi connectivity index (χ0v) is 15.9. The smallest absolute Gasteiger partial charge is 0.331 e. The van der Waals surface area contributed by atoms with Crippen LogP contribution in [-0.4, -0.2) is 98.0 Å². The predicted molar refractivity (Wildman–Crippen MR) is 94.8 cm³/mol. The van der Waals surface area contributed by atoms with Gasteiger partial charge in [0.15, 0.2) is 5.92 Å². The Bertz CT molecular complexity index is 586. The van der Waals surface area contributed by atoms with Crippen molar-refractivity contribution in [3.8, 4) is 0 Å². The Balaban J connectivity index is 1.79. The van der Waals surface area contributed by atoms with Crippen LogP contribution in [0, 0.1) is 11.8 Å². The van der Waals surface area contributed by atoms with Crippen LogP contribution < -0.4 is 4.90 Å². The van der Waals surface area contributed by atoms with Gasteiger partial charge < -0.3 is 9.80 Å². The highest BCUT2D eigenvalue weighted by Gasteiger charge is 2.41. The number of carbonyl (C=O) groups excluding carboxylic acids is 4. The normalized spacial score (nSPS) is 20.8. The third-order valence-electron chi connectivity index (χ3n) is 4.89. The number of barbiturate groups is 1. The maximum atomic E-state index is 12.1. The van der Waals surface area contributed by atoms with Crippen LogP contribution in [0.25, 0.3) is 0 Å². The van der Waals surface area contributed by atoms with Gasteiger partial charge >= 0.3 is 6.03 Å². The third kappa shape index (κ3) is 4.27. The highest BCUT2D eigenvalue weighted by atomic mass is 16.2. The first-order valence-corrected chi connectivity index (χ1v) is 8.95. The molecule has 0 aromatic heterocycles. The van der Waals surface area contributed by atoms with Gasteiger partial charge in [-0.3, -0.25) is 29.2 Å². The Morgan fingerprint density at radius 2 is 1.69 bits per heavy atom. The maximum absolute atomic E-state index is 12.1. The summed E-state index contributed by atoms with van der Waals surface area (Å²) in [7, 11) is 2.72. The Morgan fingerprint density at radius 3 is 2.19 bits per heavy atom. The number of urea groups is 1. The van der Waals surface area contributed by atoms with Crippen molar-refractivity contribution in [2.75, 3.05) is 53.4 Å². The molecular formula is C17H28N5O4+. The van der Waals surface area contributed by atoms with E-state index in [1.807, 2.05) is 18.7 Å². The van der Waals surface area contributed by atoms with Crippen LogP contribution in [0.2, 0.25) is 0 Å². The SMILES string of the molecule is CC(C)C(=O)N1CC[NH+](CCN=CC2C(=O)N(C)C(=O)N(C)C2=O)CC1. The lowest BCUT2D eigenvalue weighted by molar-refractivity contribution is -0.902. The molecule has 0 atom stereocenters. The number of piperazine rings is 1. The molecule has 0 aromatic rings. The zero-order chi connectivity index (χ0) is 19.4. The van der Waals surface area contributed by atoms with Crippen LogP contribution >= 0.6 is 0 Å². The van der Waals surface area contributed by atoms with Gasteiger partial charge in [-0.25, -0.2) is 4.79 Å². The van der Waals surface area contributed by atoms with Gasteiger partial charge in [-0.2, -0.15) is 0 Å². The van der Waals surface area contributed by atoms with Crippen molar-refractivity contribution in [3.05, 3.63) is 0 Å². The molecular weight excluding hydrogens is 338 g/mol. The molecule has 0 bridgehead atoms. The van der Waals surface area contributed by atoms with Gasteiger partial charge in [-0.1, -0.05) is 13.8 Å². The molecule has 9 heteroatoms. The van der Waals surface area contributed by atoms with Gasteiger partial charge in [0.2, 0.25) is 17.7 Å². The first-order valence-electron chi connectivity index (χ1n) is 8.95. The zero-order valence-electron chi connectivity index (χ0n) is 15.9. The molecule has 0 unspecified atom stereocenters. The van der Waals surface area contributed by atoms with E-state index in [1.54, 1.807) is 0 Å². The molecule has 2 rings (SSSR count). The summed E-state index contributed by atoms with van der Waals surface area (Å²) in [5, 5.41) is 0. The fourth-order valence-corrected chi connectivity index (χ4v) is 3.13. The monoisotopic (exact) mass is 366 g/mol. The minimum Gasteiger partial charge on any atom is -0.331 e. The molecule has 0 spiro atoms. The fourth-order valence-electron chi connectivity index (χ4n) is 3.13. The quantitative estimate of drug-likeness (QED) is 0.455. The van der Waals surface area contributed by atoms with E-state index in [9.17, 15) is 19.2 Å². The van der Waals surface area contributed by atoms with Gasteiger partial charge in [0.05, 0.1) is 39.3 Å². The summed E-state index contributed by atoms with van der Waals surface area (Å²) in [5.41, 5.74) is 0. The molecule has 2 fully saturated rings. The summed E-state index contributed by atoms with van der Waals surface area (Å²) in [6, 6.07) is -0.622. The lowest BCUT2D eigenvalue weighted by atomic mass is 10.1. The van der Waals surface area contributed by atoms with E-state index in [0.29, 0.717) is 6.54 Å². The van der Waals surface area contributed by atoms with Crippen molar-refractivity contribution in [2.45, 2.75) is 13.8 Å². The number of amides is 5. The predicted octanol–water partition coefficient (Wildman–Crippen LogP) is -1.89. The first-order chi connectivity index (χ1) is 12.2. The summed E-state index contributed by atoms with van der Waals surface area (Å²) in [5.74, 6) is -1.91. The Hall–Kier alpha value is -2.29. The van der Waals surface area contributed by atoms with Crippen LogP contribution in [0.3, 0.4) is 0 Å². The van der Waals surface area contributed by atoms with Crippen molar-refractivity contribution in [1.29, 1.82) is 0 Å². The number of rotatable bonds is 5. The van der Waals surface area contributed by atoms with E-state index >= 15 is 0 Å². The highest BCUT2D eigenvalue weighted by Crippen LogP contribution is 2.13. The number of carbonyl (C=O) groups is 4. The van der Waals surface area contributed by atoms with Gasteiger partial charge in [0.25, 0.3) is 0 Å². The highest BCUT2D eigenvalue weighted by molar-refractivity contribution is 6.23. The van der Waals surface area contributed by atoms with Gasteiger partial charge in [-0.05, 0) is 0 Å². The summed E-state index contributed by atoms with van der Waals surface area (Å²) >= 11 is 0. The molecule has 0 aliphatic carbocycles. The fraction of sp³-hybridized carbons (Fsp3) is 0.706. The van der Waals surface area contributed by atoms with Crippen LogP contribution in [0.1, 0.15) is 13.8 Å². The van der Waals surface area contributed by atoms with Crippen molar-refractivity contribution in [2.24, 2.45) is 16.8 Å². The molecule has 26 heavy (non-hydrogen) atoms. The molecule has 9 nitrogen and oxygen atoms in total. The van der Waals surface area contributed by atoms with E-state index in [4.69, 9.17) is 0 Å². The summed E-state index contributed by atoms with van der Waals surface area (Å²) in [6.45, 7) is 8.32. The maximum Gasteiger partial charge on any atom is 0.332 e. The second-order valence-corrected chi connectivity index (χ2v) is 7.09. The first kappa shape index (κ1) is 20.0. The van der Waals surface area contributed by atoms with Crippen molar-refractivity contribution in [3.63, 3.8) is 0 Å². The standard InChI is InChI=1S/C17H27N5O4/c1-12(2)14(23)22-9-7-21(8-10-22)6-5-18-11-13-15(24)19(3)17(26)20(4)16(13)25/h11-13H,5-10H2,1-4H3/p+1. The van der Waals surface area contributed by atoms with E-state index < -0.39 is 23.8 Å². The molecule has 1 N–H and O–H groups in total. The summed E-state index contributed by atoms with van der Waals surface area (Å²) in [6.07, 6.45) is 1.35. The topological polar surface area (TPSA) is 94.8 Å². The lowest BCUT2D eigenvalue weighted by Crippen LogP contribution is -3.15. The van der Waals surface area contributed by atoms with E-state index in [2.05, 4.69) is 4.99 Å². The largest absolute Gasteiger partial charge is 0.332 e. The Labute approximate surface area is 153 Å². The number of nitrogens with one attached hydrogen (secondary N) is 1. The molecule has 0 radical (unpaired) electrons. The van der Waals surface area contributed by atoms with Crippen molar-refractivity contribution in [1.82, 2.24) is 14.7 Å². The average Bonchev–Trinajstić information content (AvgIpc) is 2.64. The Kier molecular flexibility index (Phi) is 6.47. The molecule has 0 saturated carbocycles. The van der Waals surface area contributed by atoms with Crippen LogP contribution in [0.15, 0.2) is 4.99 Å². The molecule has 2 saturated heterocycles. The molecule has 2 aliphatic rings. The van der Waals surface area contributed by atoms with Crippen molar-refractivity contribution >= 4 is 30.0 Å². The van der Waals surface area contributed by atoms with E-state index in [-0.39, 0.29) is 11.8 Å². The molecule has 5 amide bonds. The van der Waals surface area contributed by atoms with Gasteiger partial charge in [0.1, 0.15) is 0 Å². The Morgan fingerprint density at radius 1 is 1.15 bits per heavy atom. The van der Waals surface area contributed by atoms with Crippen molar-refractivity contribution < 1.29 is 24.1 Å². The lowest BCUT2D eigenvalue weighted by Gasteiger charge is -2.33. The van der Waals surface area contributed by atoms with Crippen LogP contribution in [-0.2, 0) is 14.4 Å². The number of hydrogen-bond donors (Lipinski definition) is 1. The van der Waals surface area contributed by atoms with Crippen LogP contribution in [0.5, 0.6) is 0 Å². The average molecular weight is 366 g/mol. The molecule has 2 heterocycles. The van der Waals surface area contributed by atoms with Gasteiger partial charge in [-0.15, -0.1) is 0 Å². The minimum atomic E-state index is -1.03. The number of nitrogens with zero attached hydrogens (tertiary/aromatic N) is 4. The second kappa shape index (κ2) is 8.39. The second-order valence-electron chi connectivity index (χ2n) is 7.09. The number of aliphatic imine (C=N–C) groups is 1. The minimum absolute atomic E-state index is 0.0230. The summed E-state index contributed by atoms with van der Waals surface area (Å²) < 4.78 is 0. The summed E-state index contributed by atoms with van der Waals surface area (Å²) in [4.78, 5) is 57.1. The van der Waals surface area contributed by atoms with E-state index in [0.717, 1.165) is 42.5 Å². The third-order valence-corrected chi connectivity index (χ3v) is 4.89. The molecule has 2 aliphatic heterocycles. The van der Waals surface area contributed by atoms with Crippen LogP contribution in [0.4, 0.5) is 4.79 Å². The number of hydrogen-bond acceptors (Lipinski definition) is 5. The number of imide groups is 2.